The molecule has 29 heavy (non-hydrogen) atoms. The van der Waals surface area contributed by atoms with Crippen LogP contribution in [-0.2, 0) is 4.79 Å². The molecule has 0 unspecified atom stereocenters. The number of nitrogens with zero attached hydrogens (tertiary/aromatic N) is 3. The van der Waals surface area contributed by atoms with E-state index in [9.17, 15) is 13.6 Å². The maximum atomic E-state index is 13.7. The van der Waals surface area contributed by atoms with Crippen LogP contribution in [0.1, 0.15) is 12.8 Å². The topological polar surface area (TPSA) is 67.4 Å². The molecule has 2 aromatic heterocycles. The van der Waals surface area contributed by atoms with E-state index in [1.807, 2.05) is 4.90 Å². The standard InChI is InChI=1S/C20H18F2N4O2S/c21-12-1-2-18(23-7-12)26-8-14(9-26)25-20(27)11-3-15(4-11)28-16-5-13(22)6-17-19(16)24-10-29-17/h1-2,5-7,10-11,14-15H,3-4,8-9H2,(H,25,27)/t11-,15-. The van der Waals surface area contributed by atoms with E-state index in [1.54, 1.807) is 11.6 Å². The highest BCUT2D eigenvalue weighted by Gasteiger charge is 2.39. The Morgan fingerprint density at radius 3 is 2.76 bits per heavy atom. The van der Waals surface area contributed by atoms with Gasteiger partial charge in [-0.1, -0.05) is 0 Å². The molecule has 150 valence electrons. The number of benzene rings is 1. The lowest BCUT2D eigenvalue weighted by atomic mass is 9.81. The number of carbonyl (C=O) groups excluding carboxylic acids is 1. The largest absolute Gasteiger partial charge is 0.488 e. The zero-order valence-electron chi connectivity index (χ0n) is 15.3. The number of ether oxygens (including phenoxy) is 1. The monoisotopic (exact) mass is 416 g/mol. The summed E-state index contributed by atoms with van der Waals surface area (Å²) in [7, 11) is 0. The molecule has 6 nitrogen and oxygen atoms in total. The maximum Gasteiger partial charge on any atom is 0.223 e. The summed E-state index contributed by atoms with van der Waals surface area (Å²) in [6.45, 7) is 1.31. The first kappa shape index (κ1) is 18.2. The van der Waals surface area contributed by atoms with Crippen LogP contribution in [0.25, 0.3) is 10.2 Å². The summed E-state index contributed by atoms with van der Waals surface area (Å²) < 4.78 is 33.3. The first-order chi connectivity index (χ1) is 14.0. The maximum absolute atomic E-state index is 13.7. The number of hydrogen-bond acceptors (Lipinski definition) is 6. The summed E-state index contributed by atoms with van der Waals surface area (Å²) in [6.07, 6.45) is 2.28. The highest BCUT2D eigenvalue weighted by molar-refractivity contribution is 7.16. The van der Waals surface area contributed by atoms with Crippen LogP contribution < -0.4 is 15.0 Å². The fourth-order valence-corrected chi connectivity index (χ4v) is 4.40. The minimum atomic E-state index is -0.366. The molecule has 1 saturated carbocycles. The molecule has 2 fully saturated rings. The van der Waals surface area contributed by atoms with Gasteiger partial charge < -0.3 is 15.0 Å². The van der Waals surface area contributed by atoms with E-state index in [0.29, 0.717) is 43.0 Å². The number of aromatic nitrogens is 2. The van der Waals surface area contributed by atoms with Gasteiger partial charge in [0.2, 0.25) is 5.91 Å². The molecular weight excluding hydrogens is 398 g/mol. The third kappa shape index (κ3) is 3.62. The number of halogens is 2. The van der Waals surface area contributed by atoms with Gasteiger partial charge in [-0.3, -0.25) is 4.79 Å². The van der Waals surface area contributed by atoms with Crippen LogP contribution in [-0.4, -0.2) is 41.1 Å². The molecule has 0 atom stereocenters. The second-order valence-corrected chi connectivity index (χ2v) is 8.34. The van der Waals surface area contributed by atoms with E-state index in [4.69, 9.17) is 4.74 Å². The smallest absolute Gasteiger partial charge is 0.223 e. The van der Waals surface area contributed by atoms with Crippen molar-refractivity contribution in [3.63, 3.8) is 0 Å². The van der Waals surface area contributed by atoms with Crippen molar-refractivity contribution in [1.29, 1.82) is 0 Å². The normalized spacial score (nSPS) is 21.5. The van der Waals surface area contributed by atoms with Gasteiger partial charge in [0.25, 0.3) is 0 Å². The Morgan fingerprint density at radius 1 is 1.17 bits per heavy atom. The molecule has 1 N–H and O–H groups in total. The molecule has 0 bridgehead atoms. The number of nitrogens with one attached hydrogen (secondary N) is 1. The Bertz CT molecular complexity index is 1050. The number of rotatable bonds is 5. The molecule has 9 heteroatoms. The number of amides is 1. The van der Waals surface area contributed by atoms with Crippen molar-refractivity contribution in [2.75, 3.05) is 18.0 Å². The van der Waals surface area contributed by atoms with Crippen LogP contribution in [0.2, 0.25) is 0 Å². The number of fused-ring (bicyclic) bond motifs is 1. The fourth-order valence-electron chi connectivity index (χ4n) is 3.68. The summed E-state index contributed by atoms with van der Waals surface area (Å²) in [4.78, 5) is 22.7. The molecule has 1 aromatic carbocycles. The number of hydrogen-bond donors (Lipinski definition) is 1. The van der Waals surface area contributed by atoms with Crippen molar-refractivity contribution in [2.45, 2.75) is 25.0 Å². The number of carbonyl (C=O) groups is 1. The lowest BCUT2D eigenvalue weighted by molar-refractivity contribution is -0.131. The van der Waals surface area contributed by atoms with E-state index < -0.39 is 0 Å². The van der Waals surface area contributed by atoms with Crippen molar-refractivity contribution < 1.29 is 18.3 Å². The lowest BCUT2D eigenvalue weighted by Crippen LogP contribution is -2.61. The Morgan fingerprint density at radius 2 is 2.00 bits per heavy atom. The van der Waals surface area contributed by atoms with E-state index >= 15 is 0 Å². The van der Waals surface area contributed by atoms with Gasteiger partial charge in [-0.2, -0.15) is 0 Å². The highest BCUT2D eigenvalue weighted by Crippen LogP contribution is 2.35. The predicted octanol–water partition coefficient (Wildman–Crippen LogP) is 3.13. The zero-order chi connectivity index (χ0) is 20.0. The van der Waals surface area contributed by atoms with Gasteiger partial charge in [-0.05, 0) is 31.0 Å². The summed E-state index contributed by atoms with van der Waals surface area (Å²) >= 11 is 1.37. The molecule has 5 rings (SSSR count). The first-order valence-corrected chi connectivity index (χ1v) is 10.3. The van der Waals surface area contributed by atoms with Gasteiger partial charge in [0.15, 0.2) is 0 Å². The van der Waals surface area contributed by atoms with E-state index in [1.165, 1.54) is 35.7 Å². The van der Waals surface area contributed by atoms with Crippen LogP contribution in [0.4, 0.5) is 14.6 Å². The second-order valence-electron chi connectivity index (χ2n) is 7.46. The zero-order valence-corrected chi connectivity index (χ0v) is 16.2. The molecule has 3 aromatic rings. The molecule has 1 aliphatic carbocycles. The molecule has 0 radical (unpaired) electrons. The molecular formula is C20H18F2N4O2S. The van der Waals surface area contributed by atoms with E-state index in [-0.39, 0.29) is 35.6 Å². The van der Waals surface area contributed by atoms with Gasteiger partial charge in [0.1, 0.15) is 34.8 Å². The number of thiazole rings is 1. The minimum Gasteiger partial charge on any atom is -0.488 e. The third-order valence-corrected chi connectivity index (χ3v) is 6.17. The molecule has 1 saturated heterocycles. The van der Waals surface area contributed by atoms with E-state index in [0.717, 1.165) is 4.70 Å². The van der Waals surface area contributed by atoms with E-state index in [2.05, 4.69) is 15.3 Å². The van der Waals surface area contributed by atoms with Gasteiger partial charge in [0, 0.05) is 25.1 Å². The van der Waals surface area contributed by atoms with Crippen LogP contribution >= 0.6 is 11.3 Å². The van der Waals surface area contributed by atoms with Crippen molar-refractivity contribution in [2.24, 2.45) is 5.92 Å². The van der Waals surface area contributed by atoms with Crippen molar-refractivity contribution in [3.8, 4) is 5.75 Å². The number of anilines is 1. The van der Waals surface area contributed by atoms with Crippen LogP contribution in [0.5, 0.6) is 5.75 Å². The average molecular weight is 416 g/mol. The Hall–Kier alpha value is -2.81. The molecule has 1 amide bonds. The Balaban J connectivity index is 1.10. The van der Waals surface area contributed by atoms with Crippen LogP contribution in [0.3, 0.4) is 0 Å². The SMILES string of the molecule is O=C(NC1CN(c2ccc(F)cn2)C1)[C@H]1C[C@H](Oc2cc(F)cc3scnc23)C1. The summed E-state index contributed by atoms with van der Waals surface area (Å²) in [5.41, 5.74) is 2.32. The Labute approximate surface area is 169 Å². The quantitative estimate of drug-likeness (QED) is 0.692. The molecule has 0 spiro atoms. The van der Waals surface area contributed by atoms with Gasteiger partial charge in [-0.15, -0.1) is 11.3 Å². The lowest BCUT2D eigenvalue weighted by Gasteiger charge is -2.42. The molecule has 3 heterocycles. The highest BCUT2D eigenvalue weighted by atomic mass is 32.1. The predicted molar refractivity (Wildman–Crippen MR) is 105 cm³/mol. The third-order valence-electron chi connectivity index (χ3n) is 5.39. The number of pyridine rings is 1. The minimum absolute atomic E-state index is 0.0135. The second kappa shape index (κ2) is 7.22. The Kier molecular flexibility index (Phi) is 4.54. The molecule has 1 aliphatic heterocycles. The van der Waals surface area contributed by atoms with Crippen molar-refractivity contribution in [3.05, 3.63) is 47.6 Å². The first-order valence-electron chi connectivity index (χ1n) is 9.41. The van der Waals surface area contributed by atoms with Crippen molar-refractivity contribution >= 4 is 33.3 Å². The van der Waals surface area contributed by atoms with Crippen LogP contribution in [0.15, 0.2) is 36.0 Å². The van der Waals surface area contributed by atoms with Gasteiger partial charge >= 0.3 is 0 Å². The summed E-state index contributed by atoms with van der Waals surface area (Å²) in [6, 6.07) is 5.86. The van der Waals surface area contributed by atoms with Crippen LogP contribution in [0, 0.1) is 17.6 Å². The van der Waals surface area contributed by atoms with Crippen molar-refractivity contribution in [1.82, 2.24) is 15.3 Å². The van der Waals surface area contributed by atoms with Gasteiger partial charge in [-0.25, -0.2) is 18.7 Å². The van der Waals surface area contributed by atoms with Gasteiger partial charge in [0.05, 0.1) is 22.4 Å². The summed E-state index contributed by atoms with van der Waals surface area (Å²) in [5.74, 6) is 0.339. The summed E-state index contributed by atoms with van der Waals surface area (Å²) in [5, 5.41) is 3.04. The fraction of sp³-hybridized carbons (Fsp3) is 0.350. The molecule has 2 aliphatic rings. The average Bonchev–Trinajstić information content (AvgIpc) is 3.09.